The van der Waals surface area contributed by atoms with Crippen LogP contribution in [0.4, 0.5) is 5.69 Å². The zero-order valence-corrected chi connectivity index (χ0v) is 26.1. The number of aromatic carboxylic acids is 1. The highest BCUT2D eigenvalue weighted by Gasteiger charge is 2.32. The molecule has 1 saturated heterocycles. The number of hydrogen-bond acceptors (Lipinski definition) is 8. The van der Waals surface area contributed by atoms with Gasteiger partial charge in [-0.2, -0.15) is 0 Å². The first-order chi connectivity index (χ1) is 20.5. The molecular formula is C31H30ClN3O6S2. The molecule has 1 aliphatic heterocycles. The van der Waals surface area contributed by atoms with E-state index in [0.717, 1.165) is 22.9 Å². The number of nitrogens with one attached hydrogen (secondary N) is 1. The van der Waals surface area contributed by atoms with Gasteiger partial charge < -0.3 is 24.8 Å². The lowest BCUT2D eigenvalue weighted by Gasteiger charge is -2.15. The minimum absolute atomic E-state index is 0.00471. The van der Waals surface area contributed by atoms with Crippen molar-refractivity contribution in [1.29, 1.82) is 0 Å². The molecule has 3 aromatic rings. The molecule has 0 spiro atoms. The van der Waals surface area contributed by atoms with Gasteiger partial charge in [-0.25, -0.2) is 4.79 Å². The molecule has 0 unspecified atom stereocenters. The Kier molecular flexibility index (Phi) is 10.8. The summed E-state index contributed by atoms with van der Waals surface area (Å²) in [4.78, 5) is 40.8. The number of nitrogens with zero attached hydrogens (tertiary/aromatic N) is 2. The van der Waals surface area contributed by atoms with Crippen LogP contribution >= 0.6 is 35.6 Å². The Hall–Kier alpha value is -3.90. The Labute approximate surface area is 264 Å². The Morgan fingerprint density at radius 1 is 1.12 bits per heavy atom. The number of methoxy groups -OCH3 is 1. The maximum atomic E-state index is 13.4. The number of hydrogen-bond donors (Lipinski definition) is 2. The summed E-state index contributed by atoms with van der Waals surface area (Å²) in [6.07, 6.45) is 1.75. The number of carbonyl (C=O) groups excluding carboxylic acids is 2. The molecule has 0 radical (unpaired) electrons. The van der Waals surface area contributed by atoms with Crippen molar-refractivity contribution >= 4 is 69.4 Å². The van der Waals surface area contributed by atoms with Gasteiger partial charge in [-0.05, 0) is 80.3 Å². The van der Waals surface area contributed by atoms with Crippen LogP contribution in [0.3, 0.4) is 0 Å². The molecule has 1 heterocycles. The SMILES string of the molecule is COc1ccc(-c2ccc(OCCN(C)C)c(C=C3SC(=S)N(CCC(=O)Nc4ccc(C(=O)O)cc4)C3=O)c2)c(Cl)c1. The topological polar surface area (TPSA) is 108 Å². The van der Waals surface area contributed by atoms with Crippen molar-refractivity contribution < 1.29 is 29.0 Å². The number of rotatable bonds is 12. The van der Waals surface area contributed by atoms with Gasteiger partial charge in [0.25, 0.3) is 5.91 Å². The van der Waals surface area contributed by atoms with Gasteiger partial charge in [0.2, 0.25) is 5.91 Å². The normalized spacial score (nSPS) is 14.0. The van der Waals surface area contributed by atoms with Crippen LogP contribution in [-0.4, -0.2) is 77.9 Å². The van der Waals surface area contributed by atoms with E-state index in [9.17, 15) is 14.4 Å². The summed E-state index contributed by atoms with van der Waals surface area (Å²) in [5, 5.41) is 12.3. The number of ether oxygens (including phenoxy) is 2. The predicted octanol–water partition coefficient (Wildman–Crippen LogP) is 5.88. The van der Waals surface area contributed by atoms with Crippen LogP contribution in [0.2, 0.25) is 5.02 Å². The van der Waals surface area contributed by atoms with E-state index in [1.807, 2.05) is 49.3 Å². The average molecular weight is 640 g/mol. The molecule has 224 valence electrons. The molecule has 12 heteroatoms. The Balaban J connectivity index is 1.51. The molecule has 3 aromatic carbocycles. The van der Waals surface area contributed by atoms with E-state index in [0.29, 0.717) is 50.1 Å². The van der Waals surface area contributed by atoms with Crippen molar-refractivity contribution in [1.82, 2.24) is 9.80 Å². The standard InChI is InChI=1S/C31H30ClN3O6S2/c1-34(2)14-15-41-26-11-6-20(24-10-9-23(40-3)18-25(24)32)16-21(26)17-27-29(37)35(31(42)43-27)13-12-28(36)33-22-7-4-19(5-8-22)30(38)39/h4-11,16-18H,12-15H2,1-3H3,(H,33,36)(H,38,39). The number of carboxylic acids is 1. The van der Waals surface area contributed by atoms with Crippen LogP contribution in [0.15, 0.2) is 65.6 Å². The van der Waals surface area contributed by atoms with E-state index in [1.165, 1.54) is 29.2 Å². The summed E-state index contributed by atoms with van der Waals surface area (Å²) >= 11 is 13.2. The highest BCUT2D eigenvalue weighted by Crippen LogP contribution is 2.38. The Morgan fingerprint density at radius 3 is 2.51 bits per heavy atom. The lowest BCUT2D eigenvalue weighted by Crippen LogP contribution is -2.31. The van der Waals surface area contributed by atoms with Crippen molar-refractivity contribution in [2.24, 2.45) is 0 Å². The second-order valence-electron chi connectivity index (χ2n) is 9.76. The number of halogens is 1. The maximum Gasteiger partial charge on any atom is 0.335 e. The molecule has 2 N–H and O–H groups in total. The number of thioether (sulfide) groups is 1. The molecule has 0 bridgehead atoms. The molecular weight excluding hydrogens is 610 g/mol. The molecule has 1 aliphatic rings. The molecule has 0 atom stereocenters. The first kappa shape index (κ1) is 32.0. The van der Waals surface area contributed by atoms with Crippen molar-refractivity contribution in [3.8, 4) is 22.6 Å². The van der Waals surface area contributed by atoms with Gasteiger partial charge in [0.1, 0.15) is 22.4 Å². The number of likely N-dealkylation sites (N-methyl/N-ethyl adjacent to an activating group) is 1. The molecule has 43 heavy (non-hydrogen) atoms. The third-order valence-electron chi connectivity index (χ3n) is 6.43. The Bertz CT molecular complexity index is 1580. The summed E-state index contributed by atoms with van der Waals surface area (Å²) in [7, 11) is 5.49. The monoisotopic (exact) mass is 639 g/mol. The van der Waals surface area contributed by atoms with Gasteiger partial charge in [0.05, 0.1) is 22.6 Å². The molecule has 0 aliphatic carbocycles. The molecule has 1 fully saturated rings. The number of carboxylic acid groups (broad SMARTS) is 1. The molecule has 0 saturated carbocycles. The van der Waals surface area contributed by atoms with Gasteiger partial charge in [0, 0.05) is 36.3 Å². The first-order valence-electron chi connectivity index (χ1n) is 13.2. The smallest absolute Gasteiger partial charge is 0.335 e. The third-order valence-corrected chi connectivity index (χ3v) is 8.12. The van der Waals surface area contributed by atoms with E-state index in [4.69, 9.17) is 38.4 Å². The lowest BCUT2D eigenvalue weighted by molar-refractivity contribution is -0.122. The van der Waals surface area contributed by atoms with E-state index in [2.05, 4.69) is 5.32 Å². The number of benzene rings is 3. The van der Waals surface area contributed by atoms with Gasteiger partial charge >= 0.3 is 5.97 Å². The largest absolute Gasteiger partial charge is 0.497 e. The summed E-state index contributed by atoms with van der Waals surface area (Å²) in [5.74, 6) is -0.439. The second-order valence-corrected chi connectivity index (χ2v) is 11.8. The van der Waals surface area contributed by atoms with Gasteiger partial charge in [-0.15, -0.1) is 0 Å². The van der Waals surface area contributed by atoms with Gasteiger partial charge in [-0.3, -0.25) is 14.5 Å². The summed E-state index contributed by atoms with van der Waals surface area (Å²) in [6, 6.07) is 16.9. The highest BCUT2D eigenvalue weighted by molar-refractivity contribution is 8.26. The van der Waals surface area contributed by atoms with Gasteiger partial charge in [0.15, 0.2) is 0 Å². The molecule has 0 aromatic heterocycles. The summed E-state index contributed by atoms with van der Waals surface area (Å²) in [6.45, 7) is 1.25. The quantitative estimate of drug-likeness (QED) is 0.185. The van der Waals surface area contributed by atoms with Crippen LogP contribution in [0, 0.1) is 0 Å². The fourth-order valence-electron chi connectivity index (χ4n) is 4.12. The first-order valence-corrected chi connectivity index (χ1v) is 14.8. The zero-order chi connectivity index (χ0) is 31.1. The van der Waals surface area contributed by atoms with Crippen molar-refractivity contribution in [3.63, 3.8) is 0 Å². The van der Waals surface area contributed by atoms with Crippen LogP contribution in [-0.2, 0) is 9.59 Å². The predicted molar refractivity (Wildman–Crippen MR) is 174 cm³/mol. The number of thiocarbonyl (C=S) groups is 1. The van der Waals surface area contributed by atoms with Gasteiger partial charge in [-0.1, -0.05) is 41.6 Å². The minimum atomic E-state index is -1.05. The average Bonchev–Trinajstić information content (AvgIpc) is 3.23. The minimum Gasteiger partial charge on any atom is -0.497 e. The van der Waals surface area contributed by atoms with Crippen LogP contribution < -0.4 is 14.8 Å². The molecule has 2 amide bonds. The van der Waals surface area contributed by atoms with Crippen LogP contribution in [0.25, 0.3) is 17.2 Å². The van der Waals surface area contributed by atoms with E-state index < -0.39 is 5.97 Å². The summed E-state index contributed by atoms with van der Waals surface area (Å²) < 4.78 is 11.7. The maximum absolute atomic E-state index is 13.4. The van der Waals surface area contributed by atoms with E-state index in [1.54, 1.807) is 19.3 Å². The summed E-state index contributed by atoms with van der Waals surface area (Å²) in [5.41, 5.74) is 2.90. The zero-order valence-electron chi connectivity index (χ0n) is 23.8. The number of carbonyl (C=O) groups is 3. The fourth-order valence-corrected chi connectivity index (χ4v) is 5.70. The second kappa shape index (κ2) is 14.5. The highest BCUT2D eigenvalue weighted by atomic mass is 35.5. The number of anilines is 1. The van der Waals surface area contributed by atoms with Crippen LogP contribution in [0.1, 0.15) is 22.3 Å². The van der Waals surface area contributed by atoms with E-state index in [-0.39, 0.29) is 30.3 Å². The lowest BCUT2D eigenvalue weighted by atomic mass is 10.0. The van der Waals surface area contributed by atoms with Crippen molar-refractivity contribution in [2.75, 3.05) is 46.2 Å². The fraction of sp³-hybridized carbons (Fsp3) is 0.226. The molecule has 4 rings (SSSR count). The Morgan fingerprint density at radius 2 is 1.86 bits per heavy atom. The van der Waals surface area contributed by atoms with Crippen molar-refractivity contribution in [3.05, 3.63) is 81.7 Å². The molecule has 9 nitrogen and oxygen atoms in total. The van der Waals surface area contributed by atoms with Crippen molar-refractivity contribution in [2.45, 2.75) is 6.42 Å². The third kappa shape index (κ3) is 8.35. The number of amides is 2. The van der Waals surface area contributed by atoms with E-state index >= 15 is 0 Å². The van der Waals surface area contributed by atoms with Crippen LogP contribution in [0.5, 0.6) is 11.5 Å².